The molecule has 4 rings (SSSR count). The normalized spacial score (nSPS) is 15.2. The van der Waals surface area contributed by atoms with Crippen LogP contribution in [0.1, 0.15) is 39.9 Å². The molecule has 6 nitrogen and oxygen atoms in total. The minimum absolute atomic E-state index is 0.171. The fraction of sp³-hybridized carbons (Fsp3) is 0.192. The third-order valence-corrected chi connectivity index (χ3v) is 5.31. The maximum absolute atomic E-state index is 13.1. The third kappa shape index (κ3) is 4.45. The molecule has 6 heteroatoms. The van der Waals surface area contributed by atoms with E-state index < -0.39 is 11.9 Å². The van der Waals surface area contributed by atoms with Gasteiger partial charge in [-0.05, 0) is 54.9 Å². The number of nitrogens with one attached hydrogen (secondary N) is 2. The van der Waals surface area contributed by atoms with Gasteiger partial charge in [-0.1, -0.05) is 48.5 Å². The average Bonchev–Trinajstić information content (AvgIpc) is 3.14. The summed E-state index contributed by atoms with van der Waals surface area (Å²) in [6, 6.07) is 22.8. The number of hydrogen-bond acceptors (Lipinski definition) is 5. The first kappa shape index (κ1) is 21.5. The van der Waals surface area contributed by atoms with E-state index in [9.17, 15) is 9.59 Å². The maximum atomic E-state index is 13.1. The summed E-state index contributed by atoms with van der Waals surface area (Å²) in [4.78, 5) is 30.1. The van der Waals surface area contributed by atoms with Crippen LogP contribution in [-0.4, -0.2) is 31.2 Å². The van der Waals surface area contributed by atoms with Crippen molar-refractivity contribution in [1.82, 2.24) is 5.32 Å². The second-order valence-corrected chi connectivity index (χ2v) is 7.50. The highest BCUT2D eigenvalue weighted by Crippen LogP contribution is 2.37. The largest absolute Gasteiger partial charge is 0.462 e. The van der Waals surface area contributed by atoms with E-state index in [0.29, 0.717) is 23.6 Å². The molecule has 2 N–H and O–H groups in total. The van der Waals surface area contributed by atoms with Crippen molar-refractivity contribution >= 4 is 29.0 Å². The zero-order chi connectivity index (χ0) is 22.5. The number of benzene rings is 3. The Morgan fingerprint density at radius 2 is 1.78 bits per heavy atom. The highest BCUT2D eigenvalue weighted by molar-refractivity contribution is 6.24. The van der Waals surface area contributed by atoms with Gasteiger partial charge in [0.05, 0.1) is 23.6 Å². The summed E-state index contributed by atoms with van der Waals surface area (Å²) in [5, 5.41) is 6.04. The average molecular weight is 428 g/mol. The minimum atomic E-state index is -0.583. The van der Waals surface area contributed by atoms with E-state index in [0.717, 1.165) is 28.9 Å². The lowest BCUT2D eigenvalue weighted by atomic mass is 9.90. The van der Waals surface area contributed by atoms with Crippen LogP contribution in [-0.2, 0) is 16.1 Å². The first-order valence-electron chi connectivity index (χ1n) is 10.6. The van der Waals surface area contributed by atoms with Crippen molar-refractivity contribution in [1.29, 1.82) is 0 Å². The van der Waals surface area contributed by atoms with Crippen LogP contribution in [0, 0.1) is 0 Å². The van der Waals surface area contributed by atoms with Crippen LogP contribution in [0.4, 0.5) is 11.4 Å². The molecule has 32 heavy (non-hydrogen) atoms. The highest BCUT2D eigenvalue weighted by atomic mass is 16.5. The monoisotopic (exact) mass is 427 g/mol. The van der Waals surface area contributed by atoms with Gasteiger partial charge in [-0.25, -0.2) is 4.79 Å². The van der Waals surface area contributed by atoms with Crippen LogP contribution in [0.15, 0.2) is 77.8 Å². The fourth-order valence-corrected chi connectivity index (χ4v) is 3.81. The topological polar surface area (TPSA) is 79.8 Å². The first-order valence-corrected chi connectivity index (χ1v) is 10.6. The van der Waals surface area contributed by atoms with Crippen LogP contribution < -0.4 is 10.6 Å². The Balaban J connectivity index is 1.76. The summed E-state index contributed by atoms with van der Waals surface area (Å²) in [6.07, 6.45) is 0. The number of fused-ring (bicyclic) bond motifs is 1. The number of hydrogen-bond donors (Lipinski definition) is 2. The molecule has 1 aliphatic heterocycles. The molecule has 1 amide bonds. The number of amides is 1. The number of anilines is 1. The molecule has 0 fully saturated rings. The van der Waals surface area contributed by atoms with Gasteiger partial charge in [0.15, 0.2) is 0 Å². The van der Waals surface area contributed by atoms with Crippen LogP contribution in [0.2, 0.25) is 0 Å². The van der Waals surface area contributed by atoms with E-state index in [4.69, 9.17) is 9.73 Å². The standard InChI is InChI=1S/C26H25N3O3/c1-3-32-26(31)19-11-14-21-22(15-19)29-25(30)23(21)24(18-7-5-4-6-8-18)28-20-12-9-17(10-13-20)16-27-2/h4-15,23,27H,3,16H2,1-2H3,(H,29,30). The Labute approximate surface area is 187 Å². The molecule has 0 aromatic heterocycles. The number of ether oxygens (including phenoxy) is 1. The third-order valence-electron chi connectivity index (χ3n) is 5.31. The smallest absolute Gasteiger partial charge is 0.338 e. The number of rotatable bonds is 7. The van der Waals surface area contributed by atoms with Crippen molar-refractivity contribution in [2.45, 2.75) is 19.4 Å². The molecule has 1 heterocycles. The van der Waals surface area contributed by atoms with Crippen LogP contribution >= 0.6 is 0 Å². The Kier molecular flexibility index (Phi) is 6.42. The number of carbonyl (C=O) groups is 2. The van der Waals surface area contributed by atoms with Gasteiger partial charge in [0.2, 0.25) is 5.91 Å². The Hall–Kier alpha value is -3.77. The lowest BCUT2D eigenvalue weighted by molar-refractivity contribution is -0.115. The molecular formula is C26H25N3O3. The quantitative estimate of drug-likeness (QED) is 0.432. The van der Waals surface area contributed by atoms with E-state index >= 15 is 0 Å². The lowest BCUT2D eigenvalue weighted by Gasteiger charge is -2.14. The van der Waals surface area contributed by atoms with E-state index in [2.05, 4.69) is 10.6 Å². The molecule has 0 radical (unpaired) electrons. The van der Waals surface area contributed by atoms with Gasteiger partial charge < -0.3 is 15.4 Å². The van der Waals surface area contributed by atoms with Crippen molar-refractivity contribution in [3.63, 3.8) is 0 Å². The van der Waals surface area contributed by atoms with Gasteiger partial charge >= 0.3 is 5.97 Å². The first-order chi connectivity index (χ1) is 15.6. The summed E-state index contributed by atoms with van der Waals surface area (Å²) < 4.78 is 5.08. The Morgan fingerprint density at radius 1 is 1.03 bits per heavy atom. The zero-order valence-electron chi connectivity index (χ0n) is 18.1. The number of aliphatic imine (C=N–C) groups is 1. The van der Waals surface area contributed by atoms with Gasteiger partial charge in [-0.3, -0.25) is 9.79 Å². The van der Waals surface area contributed by atoms with Crippen molar-refractivity contribution in [2.75, 3.05) is 19.0 Å². The highest BCUT2D eigenvalue weighted by Gasteiger charge is 2.36. The summed E-state index contributed by atoms with van der Waals surface area (Å²) in [6.45, 7) is 2.83. The van der Waals surface area contributed by atoms with Crippen molar-refractivity contribution in [2.24, 2.45) is 4.99 Å². The summed E-state index contributed by atoms with van der Waals surface area (Å²) in [5.41, 5.74) is 5.26. The molecule has 0 saturated carbocycles. The van der Waals surface area contributed by atoms with Gasteiger partial charge in [0, 0.05) is 12.2 Å². The molecule has 0 aliphatic carbocycles. The van der Waals surface area contributed by atoms with Crippen LogP contribution in [0.3, 0.4) is 0 Å². The summed E-state index contributed by atoms with van der Waals surface area (Å²) in [7, 11) is 1.91. The van der Waals surface area contributed by atoms with Crippen molar-refractivity contribution in [3.8, 4) is 0 Å². The SMILES string of the molecule is CCOC(=O)c1ccc2c(c1)NC(=O)C2C(=Nc1ccc(CNC)cc1)c1ccccc1. The van der Waals surface area contributed by atoms with Crippen LogP contribution in [0.5, 0.6) is 0 Å². The van der Waals surface area contributed by atoms with E-state index in [-0.39, 0.29) is 5.91 Å². The molecule has 1 aliphatic rings. The molecule has 3 aromatic carbocycles. The van der Waals surface area contributed by atoms with Gasteiger partial charge in [-0.2, -0.15) is 0 Å². The lowest BCUT2D eigenvalue weighted by Crippen LogP contribution is -2.21. The van der Waals surface area contributed by atoms with Crippen molar-refractivity contribution in [3.05, 3.63) is 95.1 Å². The summed E-state index contributed by atoms with van der Waals surface area (Å²) >= 11 is 0. The number of nitrogens with zero attached hydrogens (tertiary/aromatic N) is 1. The van der Waals surface area contributed by atoms with E-state index in [1.165, 1.54) is 0 Å². The van der Waals surface area contributed by atoms with E-state index in [1.54, 1.807) is 25.1 Å². The predicted molar refractivity (Wildman–Crippen MR) is 126 cm³/mol. The van der Waals surface area contributed by atoms with E-state index in [1.807, 2.05) is 61.6 Å². The van der Waals surface area contributed by atoms with Gasteiger partial charge in [0.1, 0.15) is 5.92 Å². The molecule has 3 aromatic rings. The number of esters is 1. The Morgan fingerprint density at radius 3 is 2.47 bits per heavy atom. The molecular weight excluding hydrogens is 402 g/mol. The molecule has 162 valence electrons. The predicted octanol–water partition coefficient (Wildman–Crippen LogP) is 4.44. The molecule has 1 unspecified atom stereocenters. The zero-order valence-corrected chi connectivity index (χ0v) is 18.1. The fourth-order valence-electron chi connectivity index (χ4n) is 3.81. The van der Waals surface area contributed by atoms with Crippen molar-refractivity contribution < 1.29 is 14.3 Å². The molecule has 0 spiro atoms. The maximum Gasteiger partial charge on any atom is 0.338 e. The second kappa shape index (κ2) is 9.58. The molecule has 0 saturated heterocycles. The van der Waals surface area contributed by atoms with Gasteiger partial charge in [0.25, 0.3) is 0 Å². The van der Waals surface area contributed by atoms with Crippen LogP contribution in [0.25, 0.3) is 0 Å². The molecule has 1 atom stereocenters. The summed E-state index contributed by atoms with van der Waals surface area (Å²) in [5.74, 6) is -1.16. The number of carbonyl (C=O) groups excluding carboxylic acids is 2. The molecule has 0 bridgehead atoms. The van der Waals surface area contributed by atoms with Gasteiger partial charge in [-0.15, -0.1) is 0 Å². The minimum Gasteiger partial charge on any atom is -0.462 e. The Bertz CT molecular complexity index is 1150. The second-order valence-electron chi connectivity index (χ2n) is 7.50.